The zero-order valence-electron chi connectivity index (χ0n) is 10.7. The fourth-order valence-electron chi connectivity index (χ4n) is 1.63. The van der Waals surface area contributed by atoms with Gasteiger partial charge in [-0.25, -0.2) is 4.79 Å². The highest BCUT2D eigenvalue weighted by Crippen LogP contribution is 2.21. The van der Waals surface area contributed by atoms with E-state index in [1.54, 1.807) is 18.2 Å². The van der Waals surface area contributed by atoms with E-state index in [0.29, 0.717) is 11.3 Å². The summed E-state index contributed by atoms with van der Waals surface area (Å²) >= 11 is 3.35. The average Bonchev–Trinajstić information content (AvgIpc) is 2.27. The Morgan fingerprint density at radius 2 is 2.11 bits per heavy atom. The minimum absolute atomic E-state index is 0.311. The molecule has 1 aromatic rings. The van der Waals surface area contributed by atoms with Crippen molar-refractivity contribution in [3.8, 4) is 0 Å². The van der Waals surface area contributed by atoms with E-state index in [9.17, 15) is 4.79 Å². The molecule has 0 saturated heterocycles. The molecule has 1 rings (SSSR count). The predicted octanol–water partition coefficient (Wildman–Crippen LogP) is 2.90. The number of anilines is 1. The number of carboxylic acids is 1. The summed E-state index contributed by atoms with van der Waals surface area (Å²) in [6, 6.07) is 5.14. The van der Waals surface area contributed by atoms with Crippen LogP contribution < -0.4 is 5.32 Å². The van der Waals surface area contributed by atoms with Crippen molar-refractivity contribution in [1.29, 1.82) is 0 Å². The highest BCUT2D eigenvalue weighted by Gasteiger charge is 2.09. The van der Waals surface area contributed by atoms with Crippen LogP contribution >= 0.6 is 15.9 Å². The summed E-state index contributed by atoms with van der Waals surface area (Å²) in [7, 11) is 4.09. The summed E-state index contributed by atoms with van der Waals surface area (Å²) in [4.78, 5) is 13.2. The Hall–Kier alpha value is -1.07. The first kappa shape index (κ1) is 15.0. The first-order chi connectivity index (χ1) is 8.50. The van der Waals surface area contributed by atoms with Crippen molar-refractivity contribution in [2.24, 2.45) is 0 Å². The lowest BCUT2D eigenvalue weighted by Crippen LogP contribution is -2.14. The van der Waals surface area contributed by atoms with E-state index in [-0.39, 0.29) is 0 Å². The second kappa shape index (κ2) is 7.38. The highest BCUT2D eigenvalue weighted by atomic mass is 79.9. The molecule has 0 spiro atoms. The van der Waals surface area contributed by atoms with E-state index in [1.807, 2.05) is 14.1 Å². The number of aromatic carboxylic acids is 1. The first-order valence-electron chi connectivity index (χ1n) is 5.92. The lowest BCUT2D eigenvalue weighted by atomic mass is 10.1. The van der Waals surface area contributed by atoms with Crippen molar-refractivity contribution in [3.05, 3.63) is 28.2 Å². The molecule has 2 N–H and O–H groups in total. The SMILES string of the molecule is CN(C)CCCCNc1cc(Br)ccc1C(=O)O. The molecule has 18 heavy (non-hydrogen) atoms. The minimum atomic E-state index is -0.904. The van der Waals surface area contributed by atoms with Gasteiger partial charge in [0.2, 0.25) is 0 Å². The molecular formula is C13H19BrN2O2. The molecule has 0 aliphatic heterocycles. The van der Waals surface area contributed by atoms with Crippen molar-refractivity contribution < 1.29 is 9.90 Å². The maximum atomic E-state index is 11.0. The Balaban J connectivity index is 2.50. The third-order valence-electron chi connectivity index (χ3n) is 2.56. The quantitative estimate of drug-likeness (QED) is 0.760. The van der Waals surface area contributed by atoms with Crippen LogP contribution in [0.15, 0.2) is 22.7 Å². The summed E-state index contributed by atoms with van der Waals surface area (Å²) in [6.45, 7) is 1.83. The second-order valence-corrected chi connectivity index (χ2v) is 5.35. The van der Waals surface area contributed by atoms with Crippen molar-refractivity contribution in [3.63, 3.8) is 0 Å². The smallest absolute Gasteiger partial charge is 0.337 e. The maximum Gasteiger partial charge on any atom is 0.337 e. The number of nitrogens with zero attached hydrogens (tertiary/aromatic N) is 1. The third-order valence-corrected chi connectivity index (χ3v) is 3.05. The Morgan fingerprint density at radius 1 is 1.39 bits per heavy atom. The van der Waals surface area contributed by atoms with Gasteiger partial charge in [0, 0.05) is 16.7 Å². The molecule has 100 valence electrons. The Morgan fingerprint density at radius 3 is 2.72 bits per heavy atom. The fraction of sp³-hybridized carbons (Fsp3) is 0.462. The Labute approximate surface area is 116 Å². The van der Waals surface area contributed by atoms with Gasteiger partial charge in [-0.1, -0.05) is 15.9 Å². The number of benzene rings is 1. The molecule has 0 aromatic heterocycles. The maximum absolute atomic E-state index is 11.0. The van der Waals surface area contributed by atoms with Gasteiger partial charge in [0.15, 0.2) is 0 Å². The Kier molecular flexibility index (Phi) is 6.15. The molecule has 0 amide bonds. The first-order valence-corrected chi connectivity index (χ1v) is 6.71. The van der Waals surface area contributed by atoms with Crippen molar-refractivity contribution >= 4 is 27.6 Å². The van der Waals surface area contributed by atoms with Gasteiger partial charge in [-0.2, -0.15) is 0 Å². The zero-order valence-corrected chi connectivity index (χ0v) is 12.3. The van der Waals surface area contributed by atoms with E-state index >= 15 is 0 Å². The summed E-state index contributed by atoms with van der Waals surface area (Å²) in [5, 5.41) is 12.2. The van der Waals surface area contributed by atoms with Crippen molar-refractivity contribution in [2.45, 2.75) is 12.8 Å². The number of carbonyl (C=O) groups is 1. The van der Waals surface area contributed by atoms with Crippen LogP contribution in [0.2, 0.25) is 0 Å². The molecule has 5 heteroatoms. The number of carboxylic acid groups (broad SMARTS) is 1. The standard InChI is InChI=1S/C13H19BrN2O2/c1-16(2)8-4-3-7-15-12-9-10(14)5-6-11(12)13(17)18/h5-6,9,15H,3-4,7-8H2,1-2H3,(H,17,18). The van der Waals surface area contributed by atoms with Crippen molar-refractivity contribution in [1.82, 2.24) is 4.90 Å². The van der Waals surface area contributed by atoms with Gasteiger partial charge in [-0.05, 0) is 51.7 Å². The summed E-state index contributed by atoms with van der Waals surface area (Å²) in [5.74, 6) is -0.904. The topological polar surface area (TPSA) is 52.6 Å². The van der Waals surface area contributed by atoms with Gasteiger partial charge < -0.3 is 15.3 Å². The largest absolute Gasteiger partial charge is 0.478 e. The lowest BCUT2D eigenvalue weighted by molar-refractivity contribution is 0.0698. The zero-order chi connectivity index (χ0) is 13.5. The van der Waals surface area contributed by atoms with Crippen molar-refractivity contribution in [2.75, 3.05) is 32.5 Å². The number of unbranched alkanes of at least 4 members (excludes halogenated alkanes) is 1. The van der Waals surface area contributed by atoms with E-state index in [2.05, 4.69) is 26.1 Å². The van der Waals surface area contributed by atoms with Gasteiger partial charge in [-0.3, -0.25) is 0 Å². The Bertz CT molecular complexity index is 408. The molecule has 0 atom stereocenters. The van der Waals surface area contributed by atoms with Crippen LogP contribution in [-0.2, 0) is 0 Å². The second-order valence-electron chi connectivity index (χ2n) is 4.43. The van der Waals surface area contributed by atoms with Crippen LogP contribution in [-0.4, -0.2) is 43.2 Å². The van der Waals surface area contributed by atoms with Gasteiger partial charge >= 0.3 is 5.97 Å². The van der Waals surface area contributed by atoms with Gasteiger partial charge in [0.25, 0.3) is 0 Å². The van der Waals surface area contributed by atoms with Crippen LogP contribution in [0.5, 0.6) is 0 Å². The molecule has 0 unspecified atom stereocenters. The predicted molar refractivity (Wildman–Crippen MR) is 77.4 cm³/mol. The highest BCUT2D eigenvalue weighted by molar-refractivity contribution is 9.10. The molecule has 0 bridgehead atoms. The van der Waals surface area contributed by atoms with E-state index in [0.717, 1.165) is 30.4 Å². The van der Waals surface area contributed by atoms with Crippen LogP contribution in [0, 0.1) is 0 Å². The number of hydrogen-bond acceptors (Lipinski definition) is 3. The molecule has 0 heterocycles. The average molecular weight is 315 g/mol. The molecule has 0 saturated carbocycles. The van der Waals surface area contributed by atoms with Crippen LogP contribution in [0.3, 0.4) is 0 Å². The number of nitrogens with one attached hydrogen (secondary N) is 1. The monoisotopic (exact) mass is 314 g/mol. The number of halogens is 1. The minimum Gasteiger partial charge on any atom is -0.478 e. The van der Waals surface area contributed by atoms with E-state index in [1.165, 1.54) is 0 Å². The van der Waals surface area contributed by atoms with Crippen LogP contribution in [0.4, 0.5) is 5.69 Å². The molecule has 1 aromatic carbocycles. The number of rotatable bonds is 7. The summed E-state index contributed by atoms with van der Waals surface area (Å²) in [5.41, 5.74) is 0.979. The van der Waals surface area contributed by atoms with Gasteiger partial charge in [0.1, 0.15) is 0 Å². The fourth-order valence-corrected chi connectivity index (χ4v) is 1.99. The summed E-state index contributed by atoms with van der Waals surface area (Å²) < 4.78 is 0.878. The molecule has 4 nitrogen and oxygen atoms in total. The van der Waals surface area contributed by atoms with Crippen LogP contribution in [0.1, 0.15) is 23.2 Å². The lowest BCUT2D eigenvalue weighted by Gasteiger charge is -2.12. The molecule has 0 radical (unpaired) electrons. The molecule has 0 aliphatic carbocycles. The van der Waals surface area contributed by atoms with E-state index in [4.69, 9.17) is 5.11 Å². The molecule has 0 fully saturated rings. The summed E-state index contributed by atoms with van der Waals surface area (Å²) in [6.07, 6.45) is 2.11. The van der Waals surface area contributed by atoms with Gasteiger partial charge in [0.05, 0.1) is 5.56 Å². The van der Waals surface area contributed by atoms with Crippen LogP contribution in [0.25, 0.3) is 0 Å². The normalized spacial score (nSPS) is 10.7. The van der Waals surface area contributed by atoms with Gasteiger partial charge in [-0.15, -0.1) is 0 Å². The van der Waals surface area contributed by atoms with E-state index < -0.39 is 5.97 Å². The molecular weight excluding hydrogens is 296 g/mol. The number of hydrogen-bond donors (Lipinski definition) is 2. The third kappa shape index (κ3) is 5.06. The molecule has 0 aliphatic rings.